The van der Waals surface area contributed by atoms with E-state index in [4.69, 9.17) is 0 Å². The van der Waals surface area contributed by atoms with Gasteiger partial charge in [0.25, 0.3) is 0 Å². The molecule has 0 unspecified atom stereocenters. The minimum Gasteiger partial charge on any atom is -0.289 e. The van der Waals surface area contributed by atoms with Gasteiger partial charge >= 0.3 is 0 Å². The van der Waals surface area contributed by atoms with Crippen LogP contribution >= 0.6 is 34.2 Å². The number of hydrogen-bond donors (Lipinski definition) is 1. The third kappa shape index (κ3) is 4.44. The smallest absolute Gasteiger partial charge is 0.193 e. The Morgan fingerprint density at radius 3 is 1.70 bits per heavy atom. The van der Waals surface area contributed by atoms with Gasteiger partial charge in [0.1, 0.15) is 0 Å². The predicted molar refractivity (Wildman–Crippen MR) is 102 cm³/mol. The highest BCUT2D eigenvalue weighted by atomic mass is 33.1. The zero-order valence-corrected chi connectivity index (χ0v) is 14.7. The molecule has 0 N–H and O–H groups in total. The van der Waals surface area contributed by atoms with Crippen LogP contribution in [0.3, 0.4) is 0 Å². The molecule has 0 aromatic heterocycles. The number of rotatable bonds is 5. The molecule has 0 aliphatic carbocycles. The van der Waals surface area contributed by atoms with Crippen LogP contribution in [0.2, 0.25) is 0 Å². The minimum atomic E-state index is 0.0548. The number of benzene rings is 3. The van der Waals surface area contributed by atoms with Gasteiger partial charge in [-0.05, 0) is 48.5 Å². The fourth-order valence-corrected chi connectivity index (χ4v) is 4.10. The summed E-state index contributed by atoms with van der Waals surface area (Å²) in [4.78, 5) is 15.6. The zero-order valence-electron chi connectivity index (χ0n) is 12.2. The van der Waals surface area contributed by atoms with E-state index in [1.54, 1.807) is 21.6 Å². The van der Waals surface area contributed by atoms with E-state index in [9.17, 15) is 4.79 Å². The maximum Gasteiger partial charge on any atom is 0.193 e. The molecule has 0 fully saturated rings. The summed E-state index contributed by atoms with van der Waals surface area (Å²) in [7, 11) is 3.37. The Labute approximate surface area is 149 Å². The second-order valence-electron chi connectivity index (χ2n) is 4.88. The van der Waals surface area contributed by atoms with Crippen LogP contribution in [0, 0.1) is 0 Å². The van der Waals surface area contributed by atoms with Crippen molar-refractivity contribution >= 4 is 40.0 Å². The summed E-state index contributed by atoms with van der Waals surface area (Å²) in [5.41, 5.74) is 1.43. The van der Waals surface area contributed by atoms with E-state index >= 15 is 0 Å². The molecule has 0 saturated heterocycles. The number of hydrogen-bond acceptors (Lipinski definition) is 4. The van der Waals surface area contributed by atoms with Crippen LogP contribution in [-0.2, 0) is 0 Å². The second-order valence-corrected chi connectivity index (χ2v) is 7.67. The van der Waals surface area contributed by atoms with E-state index < -0.39 is 0 Å². The maximum atomic E-state index is 12.3. The molecule has 0 aliphatic heterocycles. The maximum absolute atomic E-state index is 12.3. The molecule has 114 valence electrons. The Hall–Kier alpha value is -1.62. The van der Waals surface area contributed by atoms with Crippen molar-refractivity contribution in [3.05, 3.63) is 90.0 Å². The van der Waals surface area contributed by atoms with E-state index in [-0.39, 0.29) is 5.78 Å². The van der Waals surface area contributed by atoms with E-state index in [1.165, 1.54) is 4.90 Å². The highest BCUT2D eigenvalue weighted by molar-refractivity contribution is 8.76. The molecule has 0 heterocycles. The van der Waals surface area contributed by atoms with E-state index in [0.717, 1.165) is 9.79 Å². The lowest BCUT2D eigenvalue weighted by Gasteiger charge is -2.04. The lowest BCUT2D eigenvalue weighted by atomic mass is 10.0. The van der Waals surface area contributed by atoms with Gasteiger partial charge in [-0.25, -0.2) is 0 Å². The lowest BCUT2D eigenvalue weighted by Crippen LogP contribution is -2.00. The summed E-state index contributed by atoms with van der Waals surface area (Å²) in [6, 6.07) is 25.1. The van der Waals surface area contributed by atoms with Crippen LogP contribution < -0.4 is 0 Å². The van der Waals surface area contributed by atoms with Gasteiger partial charge in [0.05, 0.1) is 0 Å². The largest absolute Gasteiger partial charge is 0.289 e. The van der Waals surface area contributed by atoms with Crippen LogP contribution in [0.1, 0.15) is 15.9 Å². The third-order valence-corrected chi connectivity index (χ3v) is 5.94. The molecule has 0 atom stereocenters. The molecular weight excluding hydrogens is 340 g/mol. The summed E-state index contributed by atoms with van der Waals surface area (Å²) >= 11 is 4.28. The summed E-state index contributed by atoms with van der Waals surface area (Å²) in [5.74, 6) is 0.0548. The van der Waals surface area contributed by atoms with Gasteiger partial charge in [0.2, 0.25) is 0 Å². The molecule has 0 aliphatic rings. The molecule has 4 heteroatoms. The topological polar surface area (TPSA) is 17.1 Å². The molecule has 0 saturated carbocycles. The van der Waals surface area contributed by atoms with Crippen molar-refractivity contribution in [2.75, 3.05) is 0 Å². The van der Waals surface area contributed by atoms with Crippen molar-refractivity contribution in [2.45, 2.75) is 14.7 Å². The fourth-order valence-electron chi connectivity index (χ4n) is 2.02. The number of ketones is 1. The zero-order chi connectivity index (χ0) is 16.1. The summed E-state index contributed by atoms with van der Waals surface area (Å²) in [6.45, 7) is 0. The molecule has 0 radical (unpaired) electrons. The first kappa shape index (κ1) is 16.2. The van der Waals surface area contributed by atoms with Crippen LogP contribution in [0.4, 0.5) is 0 Å². The molecule has 0 amide bonds. The molecule has 3 aromatic rings. The van der Waals surface area contributed by atoms with Crippen LogP contribution in [0.5, 0.6) is 0 Å². The molecular formula is C19H14OS3. The third-order valence-electron chi connectivity index (χ3n) is 3.22. The molecule has 0 spiro atoms. The Morgan fingerprint density at radius 2 is 1.13 bits per heavy atom. The Morgan fingerprint density at radius 1 is 0.652 bits per heavy atom. The first-order valence-electron chi connectivity index (χ1n) is 7.06. The van der Waals surface area contributed by atoms with Crippen LogP contribution in [-0.4, -0.2) is 5.78 Å². The monoisotopic (exact) mass is 354 g/mol. The summed E-state index contributed by atoms with van der Waals surface area (Å²) < 4.78 is 0. The molecule has 3 aromatic carbocycles. The van der Waals surface area contributed by atoms with Crippen molar-refractivity contribution in [2.24, 2.45) is 0 Å². The number of carbonyl (C=O) groups is 1. The minimum absolute atomic E-state index is 0.0548. The van der Waals surface area contributed by atoms with Crippen molar-refractivity contribution in [3.63, 3.8) is 0 Å². The summed E-state index contributed by atoms with van der Waals surface area (Å²) in [5, 5.41) is 0. The second kappa shape index (κ2) is 7.77. The Bertz CT molecular complexity index is 781. The van der Waals surface area contributed by atoms with E-state index in [0.29, 0.717) is 11.1 Å². The SMILES string of the molecule is O=C(c1ccccc1)c1ccc(SSc2ccc(S)cc2)cc1. The molecule has 0 bridgehead atoms. The van der Waals surface area contributed by atoms with Crippen LogP contribution in [0.15, 0.2) is 93.5 Å². The average Bonchev–Trinajstić information content (AvgIpc) is 2.62. The standard InChI is InChI=1S/C19H14OS3/c20-19(14-4-2-1-3-5-14)15-6-10-17(11-7-15)22-23-18-12-8-16(21)9-13-18/h1-13,21H. The highest BCUT2D eigenvalue weighted by Crippen LogP contribution is 2.37. The van der Waals surface area contributed by atoms with Gasteiger partial charge in [-0.3, -0.25) is 4.79 Å². The van der Waals surface area contributed by atoms with Crippen molar-refractivity contribution in [1.82, 2.24) is 0 Å². The van der Waals surface area contributed by atoms with Crippen molar-refractivity contribution in [1.29, 1.82) is 0 Å². The average molecular weight is 355 g/mol. The molecule has 1 nitrogen and oxygen atoms in total. The highest BCUT2D eigenvalue weighted by Gasteiger charge is 2.08. The Kier molecular flexibility index (Phi) is 5.49. The lowest BCUT2D eigenvalue weighted by molar-refractivity contribution is 0.103. The first-order valence-corrected chi connectivity index (χ1v) is 9.65. The van der Waals surface area contributed by atoms with E-state index in [2.05, 4.69) is 12.6 Å². The van der Waals surface area contributed by atoms with Gasteiger partial charge in [-0.15, -0.1) is 12.6 Å². The van der Waals surface area contributed by atoms with Crippen LogP contribution in [0.25, 0.3) is 0 Å². The molecule has 23 heavy (non-hydrogen) atoms. The number of thiol groups is 1. The van der Waals surface area contributed by atoms with Gasteiger partial charge < -0.3 is 0 Å². The normalized spacial score (nSPS) is 10.5. The van der Waals surface area contributed by atoms with Gasteiger partial charge in [0, 0.05) is 25.8 Å². The number of carbonyl (C=O) groups excluding carboxylic acids is 1. The van der Waals surface area contributed by atoms with Gasteiger partial charge in [-0.1, -0.05) is 51.9 Å². The summed E-state index contributed by atoms with van der Waals surface area (Å²) in [6.07, 6.45) is 0. The fraction of sp³-hybridized carbons (Fsp3) is 0. The quantitative estimate of drug-likeness (QED) is 0.344. The predicted octanol–water partition coefficient (Wildman–Crippen LogP) is 6.01. The first-order chi connectivity index (χ1) is 11.2. The van der Waals surface area contributed by atoms with Gasteiger partial charge in [-0.2, -0.15) is 0 Å². The van der Waals surface area contributed by atoms with E-state index in [1.807, 2.05) is 78.9 Å². The van der Waals surface area contributed by atoms with Crippen molar-refractivity contribution < 1.29 is 4.79 Å². The Balaban J connectivity index is 1.65. The van der Waals surface area contributed by atoms with Crippen molar-refractivity contribution in [3.8, 4) is 0 Å². The van der Waals surface area contributed by atoms with Gasteiger partial charge in [0.15, 0.2) is 5.78 Å². The molecule has 3 rings (SSSR count).